The molecule has 104 valence electrons. The molecule has 5 nitrogen and oxygen atoms in total. The summed E-state index contributed by atoms with van der Waals surface area (Å²) in [5, 5.41) is 11.5. The molecule has 0 aliphatic carbocycles. The smallest absolute Gasteiger partial charge is 0.317 e. The number of carbonyl (C=O) groups excluding carboxylic acids is 1. The highest BCUT2D eigenvalue weighted by Crippen LogP contribution is 2.21. The average Bonchev–Trinajstić information content (AvgIpc) is 2.80. The Hall–Kier alpha value is -0.910. The number of amides is 2. The molecule has 0 saturated carbocycles. The third-order valence-electron chi connectivity index (χ3n) is 3.17. The molecule has 0 aromatic carbocycles. The van der Waals surface area contributed by atoms with Gasteiger partial charge in [0.15, 0.2) is 0 Å². The number of carboxylic acid groups (broad SMARTS) is 1. The topological polar surface area (TPSA) is 69.6 Å². The molecule has 0 aromatic rings. The van der Waals surface area contributed by atoms with Gasteiger partial charge in [-0.2, -0.15) is 11.8 Å². The van der Waals surface area contributed by atoms with E-state index in [9.17, 15) is 9.59 Å². The first-order valence-electron chi connectivity index (χ1n) is 6.33. The number of nitrogens with zero attached hydrogens (tertiary/aromatic N) is 1. The van der Waals surface area contributed by atoms with E-state index in [2.05, 4.69) is 5.32 Å². The van der Waals surface area contributed by atoms with Crippen molar-refractivity contribution in [3.05, 3.63) is 0 Å². The number of rotatable bonds is 6. The Morgan fingerprint density at radius 3 is 2.83 bits per heavy atom. The van der Waals surface area contributed by atoms with E-state index < -0.39 is 5.97 Å². The van der Waals surface area contributed by atoms with Crippen molar-refractivity contribution in [3.63, 3.8) is 0 Å². The third kappa shape index (κ3) is 5.16. The fraction of sp³-hybridized carbons (Fsp3) is 0.833. The maximum atomic E-state index is 11.9. The summed E-state index contributed by atoms with van der Waals surface area (Å²) in [6.07, 6.45) is 2.52. The van der Waals surface area contributed by atoms with Crippen molar-refractivity contribution in [2.75, 3.05) is 18.6 Å². The average molecular weight is 274 g/mol. The molecular formula is C12H22N2O3S. The Morgan fingerprint density at radius 1 is 1.56 bits per heavy atom. The lowest BCUT2D eigenvalue weighted by Gasteiger charge is -2.26. The third-order valence-corrected chi connectivity index (χ3v) is 4.32. The lowest BCUT2D eigenvalue weighted by molar-refractivity contribution is -0.137. The maximum Gasteiger partial charge on any atom is 0.317 e. The first-order valence-corrected chi connectivity index (χ1v) is 7.49. The number of aliphatic carboxylic acids is 1. The normalized spacial score (nSPS) is 20.4. The van der Waals surface area contributed by atoms with E-state index in [0.29, 0.717) is 18.9 Å². The van der Waals surface area contributed by atoms with Gasteiger partial charge in [0.05, 0.1) is 0 Å². The number of hydrogen-bond donors (Lipinski definition) is 2. The molecule has 2 atom stereocenters. The lowest BCUT2D eigenvalue weighted by Crippen LogP contribution is -2.46. The minimum atomic E-state index is -0.784. The summed E-state index contributed by atoms with van der Waals surface area (Å²) in [6.45, 7) is 1.91. The van der Waals surface area contributed by atoms with Gasteiger partial charge >= 0.3 is 12.0 Å². The van der Waals surface area contributed by atoms with Gasteiger partial charge < -0.3 is 15.3 Å². The van der Waals surface area contributed by atoms with Crippen LogP contribution in [0.2, 0.25) is 0 Å². The van der Waals surface area contributed by atoms with Crippen molar-refractivity contribution < 1.29 is 14.7 Å². The summed E-state index contributed by atoms with van der Waals surface area (Å²) < 4.78 is 0. The van der Waals surface area contributed by atoms with Gasteiger partial charge in [-0.05, 0) is 31.9 Å². The van der Waals surface area contributed by atoms with Gasteiger partial charge in [0.1, 0.15) is 0 Å². The van der Waals surface area contributed by atoms with E-state index >= 15 is 0 Å². The minimum Gasteiger partial charge on any atom is -0.481 e. The predicted octanol–water partition coefficient (Wildman–Crippen LogP) is 1.78. The fourth-order valence-electron chi connectivity index (χ4n) is 1.94. The zero-order chi connectivity index (χ0) is 13.5. The van der Waals surface area contributed by atoms with E-state index in [1.54, 1.807) is 4.90 Å². The van der Waals surface area contributed by atoms with Crippen LogP contribution in [0.1, 0.15) is 32.6 Å². The summed E-state index contributed by atoms with van der Waals surface area (Å²) in [7, 11) is 1.83. The van der Waals surface area contributed by atoms with E-state index in [1.165, 1.54) is 0 Å². The second kappa shape index (κ2) is 7.51. The maximum absolute atomic E-state index is 11.9. The lowest BCUT2D eigenvalue weighted by atomic mass is 10.1. The zero-order valence-electron chi connectivity index (χ0n) is 11.0. The highest BCUT2D eigenvalue weighted by atomic mass is 32.2. The monoisotopic (exact) mass is 274 g/mol. The highest BCUT2D eigenvalue weighted by Gasteiger charge is 2.24. The molecule has 0 aromatic heterocycles. The van der Waals surface area contributed by atoms with Gasteiger partial charge in [-0.1, -0.05) is 0 Å². The molecule has 0 bridgehead atoms. The molecule has 0 spiro atoms. The summed E-state index contributed by atoms with van der Waals surface area (Å²) in [5.74, 6) is 1.35. The number of hydrogen-bond acceptors (Lipinski definition) is 3. The summed E-state index contributed by atoms with van der Waals surface area (Å²) in [5.41, 5.74) is 0. The molecule has 2 unspecified atom stereocenters. The van der Waals surface area contributed by atoms with Gasteiger partial charge in [-0.3, -0.25) is 4.79 Å². The van der Waals surface area contributed by atoms with Crippen molar-refractivity contribution in [3.8, 4) is 0 Å². The van der Waals surface area contributed by atoms with Crippen LogP contribution in [-0.4, -0.2) is 52.6 Å². The van der Waals surface area contributed by atoms with Gasteiger partial charge in [0.2, 0.25) is 0 Å². The molecule has 1 fully saturated rings. The van der Waals surface area contributed by atoms with Gasteiger partial charge in [0, 0.05) is 31.3 Å². The molecule has 2 N–H and O–H groups in total. The van der Waals surface area contributed by atoms with Crippen LogP contribution in [0.4, 0.5) is 4.79 Å². The predicted molar refractivity (Wildman–Crippen MR) is 73.0 cm³/mol. The Balaban J connectivity index is 2.23. The Labute approximate surface area is 112 Å². The Kier molecular flexibility index (Phi) is 6.32. The zero-order valence-corrected chi connectivity index (χ0v) is 11.8. The van der Waals surface area contributed by atoms with Crippen molar-refractivity contribution in [1.29, 1.82) is 0 Å². The number of carboxylic acids is 1. The fourth-order valence-corrected chi connectivity index (χ4v) is 3.21. The van der Waals surface area contributed by atoms with Gasteiger partial charge in [-0.25, -0.2) is 4.79 Å². The highest BCUT2D eigenvalue weighted by molar-refractivity contribution is 7.99. The molecule has 18 heavy (non-hydrogen) atoms. The van der Waals surface area contributed by atoms with Crippen LogP contribution in [0.5, 0.6) is 0 Å². The van der Waals surface area contributed by atoms with Crippen LogP contribution in [-0.2, 0) is 4.79 Å². The molecule has 1 heterocycles. The van der Waals surface area contributed by atoms with Crippen LogP contribution in [0.3, 0.4) is 0 Å². The molecule has 2 amide bonds. The summed E-state index contributed by atoms with van der Waals surface area (Å²) >= 11 is 1.88. The van der Waals surface area contributed by atoms with Gasteiger partial charge in [0.25, 0.3) is 0 Å². The van der Waals surface area contributed by atoms with Crippen molar-refractivity contribution in [2.24, 2.45) is 0 Å². The van der Waals surface area contributed by atoms with Crippen molar-refractivity contribution in [1.82, 2.24) is 10.2 Å². The second-order valence-electron chi connectivity index (χ2n) is 4.76. The summed E-state index contributed by atoms with van der Waals surface area (Å²) in [6, 6.07) is 0.305. The molecule has 6 heteroatoms. The number of thioether (sulfide) groups is 1. The first kappa shape index (κ1) is 15.1. The van der Waals surface area contributed by atoms with Crippen LogP contribution in [0.25, 0.3) is 0 Å². The largest absolute Gasteiger partial charge is 0.481 e. The molecule has 1 saturated heterocycles. The quantitative estimate of drug-likeness (QED) is 0.774. The SMILES string of the molecule is CC(CCCC(=O)O)NC(=O)N(C)C1CCSC1. The van der Waals surface area contributed by atoms with Crippen LogP contribution in [0, 0.1) is 0 Å². The van der Waals surface area contributed by atoms with Gasteiger partial charge in [-0.15, -0.1) is 0 Å². The number of nitrogens with one attached hydrogen (secondary N) is 1. The molecule has 0 radical (unpaired) electrons. The Morgan fingerprint density at radius 2 is 2.28 bits per heavy atom. The van der Waals surface area contributed by atoms with Crippen molar-refractivity contribution in [2.45, 2.75) is 44.7 Å². The first-order chi connectivity index (χ1) is 8.50. The van der Waals surface area contributed by atoms with Crippen molar-refractivity contribution >= 4 is 23.8 Å². The summed E-state index contributed by atoms with van der Waals surface area (Å²) in [4.78, 5) is 24.1. The standard InChI is InChI=1S/C12H22N2O3S/c1-9(4-3-5-11(15)16)13-12(17)14(2)10-6-7-18-8-10/h9-10H,3-8H2,1-2H3,(H,13,17)(H,15,16). The van der Waals surface area contributed by atoms with E-state index in [0.717, 1.165) is 17.9 Å². The second-order valence-corrected chi connectivity index (χ2v) is 5.91. The van der Waals surface area contributed by atoms with E-state index in [1.807, 2.05) is 25.7 Å². The van der Waals surface area contributed by atoms with Crippen LogP contribution >= 0.6 is 11.8 Å². The molecule has 1 aliphatic rings. The molecular weight excluding hydrogens is 252 g/mol. The number of carbonyl (C=O) groups is 2. The molecule has 1 rings (SSSR count). The van der Waals surface area contributed by atoms with E-state index in [4.69, 9.17) is 5.11 Å². The minimum absolute atomic E-state index is 0.0216. The van der Waals surface area contributed by atoms with Crippen LogP contribution < -0.4 is 5.32 Å². The Bertz CT molecular complexity index is 293. The van der Waals surface area contributed by atoms with E-state index in [-0.39, 0.29) is 18.5 Å². The van der Waals surface area contributed by atoms with Crippen LogP contribution in [0.15, 0.2) is 0 Å². The number of urea groups is 1. The molecule has 1 aliphatic heterocycles.